The van der Waals surface area contributed by atoms with Crippen LogP contribution in [0, 0.1) is 0 Å². The van der Waals surface area contributed by atoms with Gasteiger partial charge in [0.15, 0.2) is 0 Å². The first-order valence-corrected chi connectivity index (χ1v) is 9.07. The Kier molecular flexibility index (Phi) is 11.2. The molecule has 2 aromatic rings. The van der Waals surface area contributed by atoms with Gasteiger partial charge in [0.25, 0.3) is 0 Å². The second-order valence-electron chi connectivity index (χ2n) is 5.83. The monoisotopic (exact) mass is 347 g/mol. The van der Waals surface area contributed by atoms with E-state index in [9.17, 15) is 0 Å². The maximum Gasteiger partial charge on any atom is 0.0591 e. The Bertz CT molecular complexity index is 545. The summed E-state index contributed by atoms with van der Waals surface area (Å²) in [5.74, 6) is 0.480. The molecule has 2 rings (SSSR count). The van der Waals surface area contributed by atoms with Crippen LogP contribution in [0.15, 0.2) is 54.6 Å². The third kappa shape index (κ3) is 8.49. The molecule has 132 valence electrons. The highest BCUT2D eigenvalue weighted by molar-refractivity contribution is 6.31. The number of likely N-dealkylation sites (N-methyl/N-ethyl adjacent to an activating group) is 1. The molecule has 1 unspecified atom stereocenters. The predicted molar refractivity (Wildman–Crippen MR) is 105 cm³/mol. The van der Waals surface area contributed by atoms with Gasteiger partial charge < -0.3 is 10.1 Å². The Morgan fingerprint density at radius 2 is 1.71 bits per heavy atom. The second-order valence-corrected chi connectivity index (χ2v) is 6.24. The van der Waals surface area contributed by atoms with Crippen molar-refractivity contribution >= 4 is 11.6 Å². The minimum atomic E-state index is 0.480. The van der Waals surface area contributed by atoms with Gasteiger partial charge in [0.05, 0.1) is 13.2 Å². The van der Waals surface area contributed by atoms with E-state index in [1.54, 1.807) is 0 Å². The van der Waals surface area contributed by atoms with Crippen molar-refractivity contribution in [3.05, 3.63) is 70.7 Å². The van der Waals surface area contributed by atoms with Crippen LogP contribution >= 0.6 is 11.6 Å². The number of halogens is 1. The van der Waals surface area contributed by atoms with E-state index in [0.29, 0.717) is 5.92 Å². The van der Waals surface area contributed by atoms with E-state index in [2.05, 4.69) is 49.5 Å². The van der Waals surface area contributed by atoms with Gasteiger partial charge in [0.1, 0.15) is 0 Å². The zero-order chi connectivity index (χ0) is 17.6. The van der Waals surface area contributed by atoms with Crippen molar-refractivity contribution < 1.29 is 4.74 Å². The highest BCUT2D eigenvalue weighted by Gasteiger charge is 2.03. The SMILES string of the molecule is CCCc1ccccc1Cl.CNCCOCC(C)c1ccccc1. The molecular formula is C21H30ClNO. The third-order valence-electron chi connectivity index (χ3n) is 3.71. The number of nitrogens with one attached hydrogen (secondary N) is 1. The number of aryl methyl sites for hydroxylation is 1. The highest BCUT2D eigenvalue weighted by Crippen LogP contribution is 2.16. The largest absolute Gasteiger partial charge is 0.380 e. The zero-order valence-electron chi connectivity index (χ0n) is 15.1. The van der Waals surface area contributed by atoms with Crippen LogP contribution in [0.2, 0.25) is 5.02 Å². The lowest BCUT2D eigenvalue weighted by Crippen LogP contribution is -2.16. The molecule has 0 spiro atoms. The van der Waals surface area contributed by atoms with Crippen LogP contribution in [-0.2, 0) is 11.2 Å². The summed E-state index contributed by atoms with van der Waals surface area (Å²) in [7, 11) is 1.93. The number of rotatable bonds is 8. The minimum Gasteiger partial charge on any atom is -0.380 e. The molecule has 0 aromatic heterocycles. The van der Waals surface area contributed by atoms with Crippen LogP contribution in [0.4, 0.5) is 0 Å². The van der Waals surface area contributed by atoms with Crippen molar-refractivity contribution in [2.75, 3.05) is 26.8 Å². The van der Waals surface area contributed by atoms with Crippen LogP contribution in [0.1, 0.15) is 37.3 Å². The molecule has 0 saturated heterocycles. The molecule has 0 aliphatic heterocycles. The number of benzene rings is 2. The Labute approximate surface area is 152 Å². The summed E-state index contributed by atoms with van der Waals surface area (Å²) >= 11 is 5.90. The van der Waals surface area contributed by atoms with Crippen LogP contribution in [0.5, 0.6) is 0 Å². The Morgan fingerprint density at radius 1 is 1.04 bits per heavy atom. The van der Waals surface area contributed by atoms with Gasteiger partial charge in [-0.1, -0.05) is 80.4 Å². The summed E-state index contributed by atoms with van der Waals surface area (Å²) in [6.07, 6.45) is 2.24. The van der Waals surface area contributed by atoms with E-state index in [0.717, 1.165) is 37.6 Å². The number of ether oxygens (including phenoxy) is 1. The maximum absolute atomic E-state index is 5.90. The molecule has 1 N–H and O–H groups in total. The lowest BCUT2D eigenvalue weighted by molar-refractivity contribution is 0.126. The van der Waals surface area contributed by atoms with Crippen LogP contribution < -0.4 is 5.32 Å². The molecule has 0 aliphatic carbocycles. The van der Waals surface area contributed by atoms with Gasteiger partial charge in [0, 0.05) is 17.5 Å². The van der Waals surface area contributed by atoms with E-state index in [4.69, 9.17) is 16.3 Å². The summed E-state index contributed by atoms with van der Waals surface area (Å²) < 4.78 is 5.53. The van der Waals surface area contributed by atoms with Gasteiger partial charge in [-0.2, -0.15) is 0 Å². The molecule has 0 aliphatic rings. The molecular weight excluding hydrogens is 318 g/mol. The van der Waals surface area contributed by atoms with Gasteiger partial charge in [-0.3, -0.25) is 0 Å². The van der Waals surface area contributed by atoms with Gasteiger partial charge in [0.2, 0.25) is 0 Å². The molecule has 0 fully saturated rings. The van der Waals surface area contributed by atoms with Crippen molar-refractivity contribution in [1.29, 1.82) is 0 Å². The van der Waals surface area contributed by atoms with Gasteiger partial charge in [-0.15, -0.1) is 0 Å². The fraction of sp³-hybridized carbons (Fsp3) is 0.429. The first kappa shape index (κ1) is 20.7. The van der Waals surface area contributed by atoms with E-state index < -0.39 is 0 Å². The molecule has 0 saturated carbocycles. The smallest absolute Gasteiger partial charge is 0.0591 e. The van der Waals surface area contributed by atoms with E-state index >= 15 is 0 Å². The van der Waals surface area contributed by atoms with Crippen LogP contribution in [-0.4, -0.2) is 26.8 Å². The van der Waals surface area contributed by atoms with E-state index in [1.165, 1.54) is 11.1 Å². The number of hydrogen-bond donors (Lipinski definition) is 1. The van der Waals surface area contributed by atoms with Gasteiger partial charge in [-0.25, -0.2) is 0 Å². The first-order valence-electron chi connectivity index (χ1n) is 8.69. The van der Waals surface area contributed by atoms with Crippen molar-refractivity contribution in [2.24, 2.45) is 0 Å². The molecule has 3 heteroatoms. The highest BCUT2D eigenvalue weighted by atomic mass is 35.5. The van der Waals surface area contributed by atoms with Crippen molar-refractivity contribution in [1.82, 2.24) is 5.32 Å². The minimum absolute atomic E-state index is 0.480. The van der Waals surface area contributed by atoms with E-state index in [-0.39, 0.29) is 0 Å². The van der Waals surface area contributed by atoms with Gasteiger partial charge in [-0.05, 0) is 30.7 Å². The summed E-state index contributed by atoms with van der Waals surface area (Å²) in [5.41, 5.74) is 2.60. The predicted octanol–water partition coefficient (Wildman–Crippen LogP) is 5.32. The van der Waals surface area contributed by atoms with Gasteiger partial charge >= 0.3 is 0 Å². The molecule has 0 heterocycles. The molecule has 1 atom stereocenters. The Morgan fingerprint density at radius 3 is 2.33 bits per heavy atom. The molecule has 2 nitrogen and oxygen atoms in total. The average Bonchev–Trinajstić information content (AvgIpc) is 2.62. The van der Waals surface area contributed by atoms with Crippen molar-refractivity contribution in [3.63, 3.8) is 0 Å². The van der Waals surface area contributed by atoms with Crippen molar-refractivity contribution in [3.8, 4) is 0 Å². The topological polar surface area (TPSA) is 21.3 Å². The molecule has 0 amide bonds. The fourth-order valence-corrected chi connectivity index (χ4v) is 2.51. The lowest BCUT2D eigenvalue weighted by Gasteiger charge is -2.12. The van der Waals surface area contributed by atoms with E-state index in [1.807, 2.05) is 31.3 Å². The first-order chi connectivity index (χ1) is 11.7. The lowest BCUT2D eigenvalue weighted by atomic mass is 10.0. The second kappa shape index (κ2) is 13.0. The Hall–Kier alpha value is -1.35. The summed E-state index contributed by atoms with van der Waals surface area (Å²) in [4.78, 5) is 0. The fourth-order valence-electron chi connectivity index (χ4n) is 2.28. The standard InChI is InChI=1S/C12H19NO.C9H11Cl/c1-11(10-14-9-8-13-2)12-6-4-3-5-7-12;1-2-5-8-6-3-4-7-9(8)10/h3-7,11,13H,8-10H2,1-2H3;3-4,6-7H,2,5H2,1H3. The van der Waals surface area contributed by atoms with Crippen LogP contribution in [0.3, 0.4) is 0 Å². The number of hydrogen-bond acceptors (Lipinski definition) is 2. The average molecular weight is 348 g/mol. The summed E-state index contributed by atoms with van der Waals surface area (Å²) in [5, 5.41) is 3.95. The normalized spacial score (nSPS) is 11.5. The quantitative estimate of drug-likeness (QED) is 0.652. The maximum atomic E-state index is 5.90. The molecule has 24 heavy (non-hydrogen) atoms. The van der Waals surface area contributed by atoms with Crippen molar-refractivity contribution in [2.45, 2.75) is 32.6 Å². The summed E-state index contributed by atoms with van der Waals surface area (Å²) in [6, 6.07) is 18.5. The third-order valence-corrected chi connectivity index (χ3v) is 4.08. The molecule has 2 aromatic carbocycles. The van der Waals surface area contributed by atoms with Crippen LogP contribution in [0.25, 0.3) is 0 Å². The molecule has 0 radical (unpaired) electrons. The molecule has 0 bridgehead atoms. The zero-order valence-corrected chi connectivity index (χ0v) is 15.9. The summed E-state index contributed by atoms with van der Waals surface area (Å²) in [6.45, 7) is 6.85. The Balaban J connectivity index is 0.000000254.